The molecule has 0 fully saturated rings. The van der Waals surface area contributed by atoms with Gasteiger partial charge in [0.05, 0.1) is 0 Å². The molecule has 0 aliphatic rings. The van der Waals surface area contributed by atoms with E-state index < -0.39 is 45.7 Å². The molecule has 0 saturated heterocycles. The van der Waals surface area contributed by atoms with Crippen molar-refractivity contribution in [2.24, 2.45) is 0 Å². The fraction of sp³-hybridized carbons (Fsp3) is 0.500. The second-order valence-electron chi connectivity index (χ2n) is 5.04. The molecule has 102 valence electrons. The van der Waals surface area contributed by atoms with E-state index in [0.29, 0.717) is 0 Å². The lowest BCUT2D eigenvalue weighted by atomic mass is 9.72. The highest BCUT2D eigenvalue weighted by molar-refractivity contribution is 5.32. The monoisotopic (exact) mass is 270 g/mol. The molecule has 0 heterocycles. The summed E-state index contributed by atoms with van der Waals surface area (Å²) in [5, 5.41) is 0. The molecule has 1 aromatic carbocycles. The van der Waals surface area contributed by atoms with Crippen LogP contribution >= 0.6 is 0 Å². The molecule has 0 spiro atoms. The summed E-state index contributed by atoms with van der Waals surface area (Å²) < 4.78 is 79.9. The van der Waals surface area contributed by atoms with E-state index in [0.717, 1.165) is 27.7 Å². The first-order valence-electron chi connectivity index (χ1n) is 5.13. The fourth-order valence-corrected chi connectivity index (χ4v) is 1.45. The molecule has 0 amide bonds. The summed E-state index contributed by atoms with van der Waals surface area (Å²) in [5.74, 6) is -10.4. The lowest BCUT2D eigenvalue weighted by molar-refractivity contribution is 0.106. The van der Waals surface area contributed by atoms with Crippen molar-refractivity contribution in [3.05, 3.63) is 34.6 Å². The summed E-state index contributed by atoms with van der Waals surface area (Å²) in [6.07, 6.45) is 0. The van der Waals surface area contributed by atoms with Crippen LogP contribution in [-0.2, 0) is 5.41 Å². The van der Waals surface area contributed by atoms with Gasteiger partial charge in [0.25, 0.3) is 0 Å². The Morgan fingerprint density at radius 3 is 1.17 bits per heavy atom. The number of hydrogen-bond donors (Lipinski definition) is 0. The van der Waals surface area contributed by atoms with Gasteiger partial charge in [0, 0.05) is 11.0 Å². The van der Waals surface area contributed by atoms with Crippen molar-refractivity contribution in [3.8, 4) is 0 Å². The van der Waals surface area contributed by atoms with Gasteiger partial charge >= 0.3 is 0 Å². The Bertz CT molecular complexity index is 455. The minimum atomic E-state index is -2.25. The van der Waals surface area contributed by atoms with Crippen molar-refractivity contribution in [1.82, 2.24) is 0 Å². The van der Waals surface area contributed by atoms with Crippen LogP contribution in [-0.4, -0.2) is 5.67 Å². The van der Waals surface area contributed by atoms with Gasteiger partial charge in [-0.05, 0) is 13.8 Å². The SMILES string of the molecule is CC(C)(F)C(C)(C)c1c(F)c(F)c(F)c(F)c1F. The zero-order valence-electron chi connectivity index (χ0n) is 10.3. The number of halogens is 6. The molecule has 18 heavy (non-hydrogen) atoms. The first kappa shape index (κ1) is 14.9. The molecule has 0 N–H and O–H groups in total. The lowest BCUT2D eigenvalue weighted by Gasteiger charge is -2.36. The largest absolute Gasteiger partial charge is 0.244 e. The predicted octanol–water partition coefficient (Wildman–Crippen LogP) is 4.41. The lowest BCUT2D eigenvalue weighted by Crippen LogP contribution is -2.41. The Balaban J connectivity index is 3.72. The van der Waals surface area contributed by atoms with Crippen LogP contribution in [0, 0.1) is 29.1 Å². The summed E-state index contributed by atoms with van der Waals surface area (Å²) in [5.41, 5.74) is -5.20. The number of hydrogen-bond acceptors (Lipinski definition) is 0. The van der Waals surface area contributed by atoms with Crippen LogP contribution < -0.4 is 0 Å². The van der Waals surface area contributed by atoms with E-state index in [1.807, 2.05) is 0 Å². The highest BCUT2D eigenvalue weighted by atomic mass is 19.2. The van der Waals surface area contributed by atoms with Gasteiger partial charge < -0.3 is 0 Å². The van der Waals surface area contributed by atoms with Crippen LogP contribution in [0.25, 0.3) is 0 Å². The fourth-order valence-electron chi connectivity index (χ4n) is 1.45. The molecule has 0 unspecified atom stereocenters. The maximum absolute atomic E-state index is 13.9. The average molecular weight is 270 g/mol. The van der Waals surface area contributed by atoms with E-state index in [4.69, 9.17) is 0 Å². The van der Waals surface area contributed by atoms with Gasteiger partial charge in [-0.25, -0.2) is 26.3 Å². The third kappa shape index (κ3) is 1.97. The average Bonchev–Trinajstić information content (AvgIpc) is 2.22. The molecule has 0 aliphatic carbocycles. The Hall–Kier alpha value is -1.20. The standard InChI is InChI=1S/C12H12F6/c1-11(2,12(3,4)18)5-6(13)8(15)10(17)9(16)7(5)14/h1-4H3. The van der Waals surface area contributed by atoms with Gasteiger partial charge in [0.15, 0.2) is 23.3 Å². The zero-order valence-corrected chi connectivity index (χ0v) is 10.3. The van der Waals surface area contributed by atoms with E-state index >= 15 is 0 Å². The third-order valence-electron chi connectivity index (χ3n) is 3.32. The Kier molecular flexibility index (Phi) is 3.44. The van der Waals surface area contributed by atoms with Gasteiger partial charge in [-0.2, -0.15) is 0 Å². The second kappa shape index (κ2) is 4.17. The van der Waals surface area contributed by atoms with Crippen LogP contribution in [0.5, 0.6) is 0 Å². The number of benzene rings is 1. The summed E-state index contributed by atoms with van der Waals surface area (Å²) in [6, 6.07) is 0. The highest BCUT2D eigenvalue weighted by Crippen LogP contribution is 2.41. The van der Waals surface area contributed by atoms with E-state index in [-0.39, 0.29) is 0 Å². The van der Waals surface area contributed by atoms with Gasteiger partial charge in [0.2, 0.25) is 5.82 Å². The number of alkyl halides is 1. The first-order valence-corrected chi connectivity index (χ1v) is 5.13. The van der Waals surface area contributed by atoms with Gasteiger partial charge in [0.1, 0.15) is 5.67 Å². The zero-order chi connectivity index (χ0) is 14.5. The van der Waals surface area contributed by atoms with Gasteiger partial charge in [-0.1, -0.05) is 13.8 Å². The van der Waals surface area contributed by atoms with Crippen molar-refractivity contribution in [3.63, 3.8) is 0 Å². The molecule has 0 aliphatic heterocycles. The molecule has 0 aromatic heterocycles. The molecule has 0 radical (unpaired) electrons. The molecule has 0 atom stereocenters. The van der Waals surface area contributed by atoms with Gasteiger partial charge in [-0.15, -0.1) is 0 Å². The van der Waals surface area contributed by atoms with Crippen molar-refractivity contribution in [1.29, 1.82) is 0 Å². The second-order valence-corrected chi connectivity index (χ2v) is 5.04. The summed E-state index contributed by atoms with van der Waals surface area (Å²) in [6.45, 7) is 4.16. The molecule has 1 aromatic rings. The maximum atomic E-state index is 13.9. The molecule has 0 nitrogen and oxygen atoms in total. The molecule has 6 heteroatoms. The van der Waals surface area contributed by atoms with Crippen molar-refractivity contribution in [2.75, 3.05) is 0 Å². The van der Waals surface area contributed by atoms with E-state index in [2.05, 4.69) is 0 Å². The molecular formula is C12H12F6. The molecular weight excluding hydrogens is 258 g/mol. The summed E-state index contributed by atoms with van der Waals surface area (Å²) >= 11 is 0. The van der Waals surface area contributed by atoms with Crippen LogP contribution in [0.15, 0.2) is 0 Å². The Labute approximate surface area is 101 Å². The summed E-state index contributed by atoms with van der Waals surface area (Å²) in [7, 11) is 0. The van der Waals surface area contributed by atoms with E-state index in [1.54, 1.807) is 0 Å². The van der Waals surface area contributed by atoms with Crippen LogP contribution in [0.3, 0.4) is 0 Å². The minimum absolute atomic E-state index is 1.01. The molecule has 0 saturated carbocycles. The van der Waals surface area contributed by atoms with Gasteiger partial charge in [-0.3, -0.25) is 0 Å². The van der Waals surface area contributed by atoms with Crippen molar-refractivity contribution < 1.29 is 26.3 Å². The Morgan fingerprint density at radius 2 is 0.889 bits per heavy atom. The van der Waals surface area contributed by atoms with E-state index in [9.17, 15) is 26.3 Å². The van der Waals surface area contributed by atoms with Crippen LogP contribution in [0.2, 0.25) is 0 Å². The molecule has 0 bridgehead atoms. The topological polar surface area (TPSA) is 0 Å². The van der Waals surface area contributed by atoms with Crippen molar-refractivity contribution >= 4 is 0 Å². The normalized spacial score (nSPS) is 13.0. The Morgan fingerprint density at radius 1 is 0.611 bits per heavy atom. The smallest absolute Gasteiger partial charge is 0.200 e. The predicted molar refractivity (Wildman–Crippen MR) is 54.4 cm³/mol. The van der Waals surface area contributed by atoms with Crippen LogP contribution in [0.1, 0.15) is 33.3 Å². The van der Waals surface area contributed by atoms with E-state index in [1.165, 1.54) is 0 Å². The molecule has 1 rings (SSSR count). The van der Waals surface area contributed by atoms with Crippen molar-refractivity contribution in [2.45, 2.75) is 38.8 Å². The minimum Gasteiger partial charge on any atom is -0.244 e. The first-order chi connectivity index (χ1) is 7.93. The third-order valence-corrected chi connectivity index (χ3v) is 3.32. The summed E-state index contributed by atoms with van der Waals surface area (Å²) in [4.78, 5) is 0. The number of rotatable bonds is 2. The highest BCUT2D eigenvalue weighted by Gasteiger charge is 2.45. The quantitative estimate of drug-likeness (QED) is 0.424. The van der Waals surface area contributed by atoms with Crippen LogP contribution in [0.4, 0.5) is 26.3 Å². The maximum Gasteiger partial charge on any atom is 0.200 e.